The van der Waals surface area contributed by atoms with Crippen molar-refractivity contribution < 1.29 is 9.13 Å². The minimum absolute atomic E-state index is 0.0781. The second-order valence-corrected chi connectivity index (χ2v) is 6.10. The average molecular weight is 363 g/mol. The van der Waals surface area contributed by atoms with Crippen LogP contribution >= 0.6 is 11.6 Å². The Morgan fingerprint density at radius 3 is 2.64 bits per heavy atom. The number of aryl methyl sites for hydroxylation is 3. The van der Waals surface area contributed by atoms with Gasteiger partial charge in [-0.3, -0.25) is 0 Å². The fraction of sp³-hybridized carbons (Fsp3) is 0.235. The van der Waals surface area contributed by atoms with Gasteiger partial charge in [0.25, 0.3) is 0 Å². The monoisotopic (exact) mass is 362 g/mol. The first kappa shape index (κ1) is 17.2. The van der Waals surface area contributed by atoms with Crippen LogP contribution in [-0.4, -0.2) is 19.8 Å². The van der Waals surface area contributed by atoms with Gasteiger partial charge in [-0.05, 0) is 53.6 Å². The van der Waals surface area contributed by atoms with Crippen LogP contribution < -0.4 is 10.4 Å². The molecule has 1 heterocycles. The van der Waals surface area contributed by atoms with E-state index in [1.165, 1.54) is 19.2 Å². The Labute approximate surface area is 148 Å². The highest BCUT2D eigenvalue weighted by atomic mass is 35.5. The molecule has 6 nitrogen and oxygen atoms in total. The van der Waals surface area contributed by atoms with Crippen molar-refractivity contribution in [2.24, 2.45) is 7.05 Å². The smallest absolute Gasteiger partial charge is 0.368 e. The molecule has 130 valence electrons. The molecule has 3 aromatic rings. The van der Waals surface area contributed by atoms with Crippen molar-refractivity contribution in [3.63, 3.8) is 0 Å². The number of rotatable bonds is 4. The second-order valence-electron chi connectivity index (χ2n) is 5.69. The van der Waals surface area contributed by atoms with Crippen LogP contribution in [0.2, 0.25) is 5.02 Å². The molecule has 2 aromatic carbocycles. The first-order chi connectivity index (χ1) is 11.9. The molecular weight excluding hydrogens is 347 g/mol. The highest BCUT2D eigenvalue weighted by molar-refractivity contribution is 6.31. The zero-order chi connectivity index (χ0) is 18.1. The third-order valence-corrected chi connectivity index (χ3v) is 4.28. The molecule has 0 N–H and O–H groups in total. The van der Waals surface area contributed by atoms with E-state index in [2.05, 4.69) is 10.4 Å². The van der Waals surface area contributed by atoms with E-state index in [0.29, 0.717) is 10.8 Å². The zero-order valence-electron chi connectivity index (χ0n) is 14.0. The highest BCUT2D eigenvalue weighted by Gasteiger charge is 2.16. The van der Waals surface area contributed by atoms with Gasteiger partial charge in [0.15, 0.2) is 0 Å². The number of nitrogens with zero attached hydrogens (tertiary/aromatic N) is 4. The van der Waals surface area contributed by atoms with Crippen molar-refractivity contribution in [2.75, 3.05) is 0 Å². The Bertz CT molecular complexity index is 997. The molecule has 0 spiro atoms. The first-order valence-electron chi connectivity index (χ1n) is 7.55. The number of ether oxygens (including phenoxy) is 1. The molecule has 8 heteroatoms. The Balaban J connectivity index is 1.97. The SMILES string of the molecule is Cc1cc(C)c(OCc2c(F)cccc2-n2nnn(C)c2=O)cc1Cl. The van der Waals surface area contributed by atoms with Crippen molar-refractivity contribution in [1.29, 1.82) is 0 Å². The predicted molar refractivity (Wildman–Crippen MR) is 91.8 cm³/mol. The van der Waals surface area contributed by atoms with E-state index in [9.17, 15) is 9.18 Å². The molecule has 0 aliphatic carbocycles. The molecule has 25 heavy (non-hydrogen) atoms. The van der Waals surface area contributed by atoms with Crippen LogP contribution in [0.4, 0.5) is 4.39 Å². The second kappa shape index (κ2) is 6.68. The predicted octanol–water partition coefficient (Wildman–Crippen LogP) is 2.95. The van der Waals surface area contributed by atoms with Crippen LogP contribution in [0.1, 0.15) is 16.7 Å². The molecule has 0 radical (unpaired) electrons. The van der Waals surface area contributed by atoms with Crippen LogP contribution in [0.3, 0.4) is 0 Å². The van der Waals surface area contributed by atoms with Crippen molar-refractivity contribution in [2.45, 2.75) is 20.5 Å². The maximum atomic E-state index is 14.3. The average Bonchev–Trinajstić information content (AvgIpc) is 2.90. The number of hydrogen-bond acceptors (Lipinski definition) is 4. The quantitative estimate of drug-likeness (QED) is 0.716. The normalized spacial score (nSPS) is 10.9. The largest absolute Gasteiger partial charge is 0.488 e. The van der Waals surface area contributed by atoms with Crippen LogP contribution in [0.25, 0.3) is 5.69 Å². The summed E-state index contributed by atoms with van der Waals surface area (Å²) in [5.74, 6) is 0.0576. The summed E-state index contributed by atoms with van der Waals surface area (Å²) in [6.07, 6.45) is 0. The summed E-state index contributed by atoms with van der Waals surface area (Å²) in [5.41, 5.74) is 1.84. The van der Waals surface area contributed by atoms with Gasteiger partial charge in [-0.25, -0.2) is 9.18 Å². The van der Waals surface area contributed by atoms with E-state index in [-0.39, 0.29) is 17.9 Å². The molecule has 0 bridgehead atoms. The minimum Gasteiger partial charge on any atom is -0.488 e. The third kappa shape index (κ3) is 3.28. The lowest BCUT2D eigenvalue weighted by molar-refractivity contribution is 0.297. The standard InChI is InChI=1S/C17H16ClFN4O2/c1-10-7-11(2)16(8-13(10)18)25-9-12-14(19)5-4-6-15(12)23-17(24)22(3)20-21-23/h4-8H,9H2,1-3H3. The fourth-order valence-electron chi connectivity index (χ4n) is 2.47. The van der Waals surface area contributed by atoms with Crippen LogP contribution in [0.5, 0.6) is 5.75 Å². The molecule has 0 aliphatic heterocycles. The van der Waals surface area contributed by atoms with E-state index in [4.69, 9.17) is 16.3 Å². The van der Waals surface area contributed by atoms with E-state index < -0.39 is 11.5 Å². The summed E-state index contributed by atoms with van der Waals surface area (Å²) in [7, 11) is 1.47. The van der Waals surface area contributed by atoms with E-state index in [0.717, 1.165) is 20.5 Å². The molecule has 0 atom stereocenters. The Kier molecular flexibility index (Phi) is 4.59. The van der Waals surface area contributed by atoms with Gasteiger partial charge in [-0.15, -0.1) is 0 Å². The van der Waals surface area contributed by atoms with E-state index in [1.54, 1.807) is 12.1 Å². The van der Waals surface area contributed by atoms with Crippen molar-refractivity contribution >= 4 is 11.6 Å². The first-order valence-corrected chi connectivity index (χ1v) is 7.92. The minimum atomic E-state index is -0.495. The molecule has 0 aliphatic rings. The number of halogens is 2. The Hall–Kier alpha value is -2.67. The van der Waals surface area contributed by atoms with Gasteiger partial charge < -0.3 is 4.74 Å². The Morgan fingerprint density at radius 2 is 1.96 bits per heavy atom. The molecular formula is C17H16ClFN4O2. The third-order valence-electron chi connectivity index (χ3n) is 3.87. The maximum absolute atomic E-state index is 14.3. The van der Waals surface area contributed by atoms with Gasteiger partial charge in [-0.1, -0.05) is 23.7 Å². The summed E-state index contributed by atoms with van der Waals surface area (Å²) in [6.45, 7) is 3.70. The molecule has 0 amide bonds. The number of benzene rings is 2. The summed E-state index contributed by atoms with van der Waals surface area (Å²) in [4.78, 5) is 12.1. The van der Waals surface area contributed by atoms with Gasteiger partial charge in [0.2, 0.25) is 0 Å². The number of hydrogen-bond donors (Lipinski definition) is 0. The fourth-order valence-corrected chi connectivity index (χ4v) is 2.62. The van der Waals surface area contributed by atoms with Gasteiger partial charge in [0, 0.05) is 12.1 Å². The molecule has 0 unspecified atom stereocenters. The summed E-state index contributed by atoms with van der Waals surface area (Å²) in [5, 5.41) is 7.98. The van der Waals surface area contributed by atoms with Gasteiger partial charge in [0.05, 0.1) is 11.3 Å². The van der Waals surface area contributed by atoms with Gasteiger partial charge in [0.1, 0.15) is 18.2 Å². The van der Waals surface area contributed by atoms with Crippen LogP contribution in [0, 0.1) is 19.7 Å². The van der Waals surface area contributed by atoms with Gasteiger partial charge >= 0.3 is 5.69 Å². The highest BCUT2D eigenvalue weighted by Crippen LogP contribution is 2.28. The lowest BCUT2D eigenvalue weighted by atomic mass is 10.1. The summed E-state index contributed by atoms with van der Waals surface area (Å²) < 4.78 is 22.2. The lowest BCUT2D eigenvalue weighted by Crippen LogP contribution is -2.23. The zero-order valence-corrected chi connectivity index (χ0v) is 14.7. The molecule has 0 fully saturated rings. The molecule has 3 rings (SSSR count). The molecule has 1 aromatic heterocycles. The van der Waals surface area contributed by atoms with Gasteiger partial charge in [-0.2, -0.15) is 9.36 Å². The summed E-state index contributed by atoms with van der Waals surface area (Å²) >= 11 is 6.13. The number of tetrazole rings is 1. The topological polar surface area (TPSA) is 61.9 Å². The lowest BCUT2D eigenvalue weighted by Gasteiger charge is -2.13. The van der Waals surface area contributed by atoms with Crippen molar-refractivity contribution in [1.82, 2.24) is 19.8 Å². The molecule has 0 saturated carbocycles. The van der Waals surface area contributed by atoms with Crippen LogP contribution in [0.15, 0.2) is 35.1 Å². The Morgan fingerprint density at radius 1 is 1.20 bits per heavy atom. The summed E-state index contributed by atoms with van der Waals surface area (Å²) in [6, 6.07) is 7.99. The van der Waals surface area contributed by atoms with Crippen molar-refractivity contribution in [3.05, 3.63) is 68.3 Å². The number of aromatic nitrogens is 4. The van der Waals surface area contributed by atoms with Crippen molar-refractivity contribution in [3.8, 4) is 11.4 Å². The van der Waals surface area contributed by atoms with E-state index >= 15 is 0 Å². The van der Waals surface area contributed by atoms with E-state index in [1.807, 2.05) is 19.9 Å². The molecule has 0 saturated heterocycles. The van der Waals surface area contributed by atoms with Crippen LogP contribution in [-0.2, 0) is 13.7 Å². The maximum Gasteiger partial charge on any atom is 0.368 e.